The molecule has 0 bridgehead atoms. The van der Waals surface area contributed by atoms with Crippen molar-refractivity contribution >= 4 is 56.9 Å². The first-order chi connectivity index (χ1) is 34.8. The third-order valence-electron chi connectivity index (χ3n) is 12.0. The van der Waals surface area contributed by atoms with E-state index in [4.69, 9.17) is 61.3 Å². The van der Waals surface area contributed by atoms with Gasteiger partial charge in [0.15, 0.2) is 11.6 Å². The average Bonchev–Trinajstić information content (AvgIpc) is 3.77. The third-order valence-corrected chi connectivity index (χ3v) is 14.1. The molecule has 0 aliphatic carbocycles. The number of likely N-dealkylation sites (N-methyl/N-ethyl adjacent to an activating group) is 1. The van der Waals surface area contributed by atoms with Crippen molar-refractivity contribution in [2.45, 2.75) is 53.1 Å². The molecule has 72 heavy (non-hydrogen) atoms. The molecule has 0 saturated carbocycles. The first-order valence-corrected chi connectivity index (χ1v) is 24.8. The number of hydrogen-bond donors (Lipinski definition) is 0. The predicted molar refractivity (Wildman–Crippen MR) is 274 cm³/mol. The topological polar surface area (TPSA) is 157 Å². The highest BCUT2D eigenvalue weighted by Crippen LogP contribution is 2.53. The second-order valence-corrected chi connectivity index (χ2v) is 18.6. The number of hydrogen-bond acceptors (Lipinski definition) is 16. The highest BCUT2D eigenvalue weighted by Gasteiger charge is 2.32. The Morgan fingerprint density at radius 1 is 0.847 bits per heavy atom. The molecule has 3 aromatic heterocycles. The lowest BCUT2D eigenvalue weighted by atomic mass is 9.92. The zero-order valence-electron chi connectivity index (χ0n) is 40.6. The summed E-state index contributed by atoms with van der Waals surface area (Å²) in [6.07, 6.45) is -0.946. The Balaban J connectivity index is 1.17. The fraction of sp³-hybridized carbons (Fsp3) is 0.321. The smallest absolute Gasteiger partial charge is 0.496 e. The number of carbonyl (C=O) groups is 2. The van der Waals surface area contributed by atoms with E-state index in [0.717, 1.165) is 26.2 Å². The molecule has 8 rings (SSSR count). The summed E-state index contributed by atoms with van der Waals surface area (Å²) >= 11 is 15.8. The van der Waals surface area contributed by atoms with Crippen LogP contribution in [0.5, 0.6) is 23.1 Å². The molecule has 4 aromatic carbocycles. The van der Waals surface area contributed by atoms with Crippen LogP contribution in [-0.2, 0) is 32.0 Å². The third kappa shape index (κ3) is 12.0. The molecule has 1 aliphatic heterocycles. The minimum atomic E-state index is -1.43. The summed E-state index contributed by atoms with van der Waals surface area (Å²) in [5.74, 6) is 0.580. The van der Waals surface area contributed by atoms with Crippen LogP contribution in [0.1, 0.15) is 36.2 Å². The van der Waals surface area contributed by atoms with Crippen molar-refractivity contribution in [2.24, 2.45) is 0 Å². The summed E-state index contributed by atoms with van der Waals surface area (Å²) in [5, 5.41) is 1.06. The molecule has 15 nitrogen and oxygen atoms in total. The maximum absolute atomic E-state index is 14.5. The fourth-order valence-corrected chi connectivity index (χ4v) is 9.97. The van der Waals surface area contributed by atoms with Crippen molar-refractivity contribution in [3.05, 3.63) is 130 Å². The van der Waals surface area contributed by atoms with Crippen LogP contribution in [0.15, 0.2) is 91.4 Å². The van der Waals surface area contributed by atoms with Crippen LogP contribution in [-0.4, -0.2) is 114 Å². The van der Waals surface area contributed by atoms with Gasteiger partial charge >= 0.3 is 12.1 Å². The van der Waals surface area contributed by atoms with Gasteiger partial charge in [-0.3, -0.25) is 4.90 Å². The number of piperazine rings is 1. The number of benzene rings is 4. The van der Waals surface area contributed by atoms with Gasteiger partial charge in [-0.1, -0.05) is 65.7 Å². The second-order valence-electron chi connectivity index (χ2n) is 16.8. The fourth-order valence-electron chi connectivity index (χ4n) is 8.29. The van der Waals surface area contributed by atoms with E-state index >= 15 is 0 Å². The quantitative estimate of drug-likeness (QED) is 0.0556. The van der Waals surface area contributed by atoms with E-state index in [1.165, 1.54) is 36.7 Å². The molecule has 19 heteroatoms. The Morgan fingerprint density at radius 3 is 2.28 bits per heavy atom. The summed E-state index contributed by atoms with van der Waals surface area (Å²) in [5.41, 5.74) is 5.07. The number of fused-ring (bicyclic) bond motifs is 1. The molecule has 1 aliphatic rings. The molecule has 0 spiro atoms. The predicted octanol–water partition coefficient (Wildman–Crippen LogP) is 10.8. The SMILES string of the molecule is CCOC(=O)OC(C)OC(=O)[C@@H](Cc1ccccc1OCc1ccnc(-c2ccccc2OC)n1)Oc1ncnc2sc(-c3ccc(F)cc3)c(-c3c(C)c(Cl)c(OCCN4CCN(C)CC4)c(Cl)c3C)c12. The second kappa shape index (κ2) is 23.7. The van der Waals surface area contributed by atoms with E-state index in [2.05, 4.69) is 31.8 Å². The van der Waals surface area contributed by atoms with Crippen LogP contribution in [0, 0.1) is 19.7 Å². The van der Waals surface area contributed by atoms with Gasteiger partial charge in [0.25, 0.3) is 0 Å². The molecule has 0 amide bonds. The van der Waals surface area contributed by atoms with E-state index in [1.807, 2.05) is 38.1 Å². The van der Waals surface area contributed by atoms with Crippen LogP contribution in [0.2, 0.25) is 10.0 Å². The molecule has 4 heterocycles. The molecule has 0 N–H and O–H groups in total. The Bertz CT molecular complexity index is 3020. The van der Waals surface area contributed by atoms with Gasteiger partial charge in [0.1, 0.15) is 41.7 Å². The van der Waals surface area contributed by atoms with Crippen LogP contribution in [0.4, 0.5) is 9.18 Å². The summed E-state index contributed by atoms with van der Waals surface area (Å²) in [6, 6.07) is 22.4. The standard InChI is InChI=1S/C53H53Cl2FN6O9S/c1-7-66-53(64)70-33(4)69-52(63)41(28-35-12-8-10-14-39(35)68-29-37-20-21-57-49(60-37)38-13-9-11-15-40(38)65-6)71-50-44-43(48(72-51(44)59-30-58-50)34-16-18-36(56)19-17-34)42-31(2)45(54)47(46(55)32(42)3)67-27-26-62-24-22-61(5)23-25-62/h8-21,30,33,41H,7,22-29H2,1-6H3/t33?,41-/m1/s1. The monoisotopic (exact) mass is 1040 g/mol. The number of rotatable bonds is 19. The van der Waals surface area contributed by atoms with E-state index in [0.29, 0.717) is 106 Å². The summed E-state index contributed by atoms with van der Waals surface area (Å²) in [4.78, 5) is 51.0. The van der Waals surface area contributed by atoms with Gasteiger partial charge in [0, 0.05) is 62.7 Å². The Morgan fingerprint density at radius 2 is 1.56 bits per heavy atom. The number of para-hydroxylation sites is 2. The van der Waals surface area contributed by atoms with Crippen LogP contribution in [0.25, 0.3) is 43.2 Å². The molecule has 7 aromatic rings. The van der Waals surface area contributed by atoms with Crippen molar-refractivity contribution < 1.29 is 47.1 Å². The number of esters is 1. The minimum Gasteiger partial charge on any atom is -0.496 e. The van der Waals surface area contributed by atoms with E-state index in [9.17, 15) is 14.0 Å². The van der Waals surface area contributed by atoms with Gasteiger partial charge in [-0.25, -0.2) is 33.9 Å². The first kappa shape index (κ1) is 51.7. The highest BCUT2D eigenvalue weighted by molar-refractivity contribution is 7.22. The molecule has 0 radical (unpaired) electrons. The van der Waals surface area contributed by atoms with E-state index in [1.54, 1.807) is 62.7 Å². The van der Waals surface area contributed by atoms with E-state index < -0.39 is 30.3 Å². The number of thiophene rings is 1. The zero-order valence-corrected chi connectivity index (χ0v) is 42.9. The molecular weight excluding hydrogens is 987 g/mol. The van der Waals surface area contributed by atoms with Crippen molar-refractivity contribution in [3.8, 4) is 56.1 Å². The Kier molecular flexibility index (Phi) is 17.0. The van der Waals surface area contributed by atoms with Crippen molar-refractivity contribution in [3.63, 3.8) is 0 Å². The van der Waals surface area contributed by atoms with Crippen LogP contribution in [0.3, 0.4) is 0 Å². The van der Waals surface area contributed by atoms with Gasteiger partial charge in [0.05, 0.1) is 40.4 Å². The summed E-state index contributed by atoms with van der Waals surface area (Å²) < 4.78 is 55.3. The molecular formula is C53H53Cl2FN6O9S. The number of methoxy groups -OCH3 is 1. The van der Waals surface area contributed by atoms with Crippen molar-refractivity contribution in [1.29, 1.82) is 0 Å². The number of aromatic nitrogens is 4. The van der Waals surface area contributed by atoms with Crippen molar-refractivity contribution in [1.82, 2.24) is 29.7 Å². The summed E-state index contributed by atoms with van der Waals surface area (Å²) in [7, 11) is 3.69. The zero-order chi connectivity index (χ0) is 50.9. The van der Waals surface area contributed by atoms with Gasteiger partial charge < -0.3 is 38.1 Å². The number of halogens is 3. The maximum atomic E-state index is 14.5. The molecule has 376 valence electrons. The highest BCUT2D eigenvalue weighted by atomic mass is 35.5. The number of carbonyl (C=O) groups excluding carboxylic acids is 2. The normalized spacial score (nSPS) is 13.8. The first-order valence-electron chi connectivity index (χ1n) is 23.3. The van der Waals surface area contributed by atoms with Crippen LogP contribution >= 0.6 is 34.5 Å². The Hall–Kier alpha value is -6.63. The molecule has 1 unspecified atom stereocenters. The van der Waals surface area contributed by atoms with Gasteiger partial charge in [-0.15, -0.1) is 11.3 Å². The maximum Gasteiger partial charge on any atom is 0.511 e. The molecule has 1 fully saturated rings. The minimum absolute atomic E-state index is 0.0160. The van der Waals surface area contributed by atoms with Crippen LogP contribution < -0.4 is 18.9 Å². The number of ether oxygens (including phenoxy) is 7. The lowest BCUT2D eigenvalue weighted by Gasteiger charge is -2.32. The average molecular weight is 1040 g/mol. The van der Waals surface area contributed by atoms with E-state index in [-0.39, 0.29) is 25.5 Å². The van der Waals surface area contributed by atoms with Crippen molar-refractivity contribution in [2.75, 3.05) is 60.1 Å². The van der Waals surface area contributed by atoms with Gasteiger partial charge in [-0.2, -0.15) is 0 Å². The summed E-state index contributed by atoms with van der Waals surface area (Å²) in [6.45, 7) is 11.7. The lowest BCUT2D eigenvalue weighted by Crippen LogP contribution is -2.45. The Labute approximate surface area is 430 Å². The molecule has 1 saturated heterocycles. The van der Waals surface area contributed by atoms with Gasteiger partial charge in [0.2, 0.25) is 18.3 Å². The number of nitrogens with zero attached hydrogens (tertiary/aromatic N) is 6. The molecule has 2 atom stereocenters. The lowest BCUT2D eigenvalue weighted by molar-refractivity contribution is -0.176. The van der Waals surface area contributed by atoms with Gasteiger partial charge in [-0.05, 0) is 92.0 Å². The largest absolute Gasteiger partial charge is 0.511 e.